The third kappa shape index (κ3) is 6.18. The Hall–Kier alpha value is 0.394. The monoisotopic (exact) mass is 410 g/mol. The molecule has 0 aromatic heterocycles. The van der Waals surface area contributed by atoms with Crippen molar-refractivity contribution in [2.45, 2.75) is 153 Å². The maximum Gasteiger partial charge on any atom is 0.182 e. The molecule has 0 spiro atoms. The molecular weight excluding hydrogens is 360 g/mol. The van der Waals surface area contributed by atoms with Crippen LogP contribution in [0.2, 0.25) is 35.3 Å². The van der Waals surface area contributed by atoms with Crippen molar-refractivity contribution in [3.63, 3.8) is 0 Å². The van der Waals surface area contributed by atoms with E-state index in [4.69, 9.17) is 4.12 Å². The van der Waals surface area contributed by atoms with Gasteiger partial charge in [0.15, 0.2) is 16.6 Å². The smallest absolute Gasteiger partial charge is 0.182 e. The topological polar surface area (TPSA) is 9.23 Å². The first-order chi connectivity index (χ1) is 13.2. The van der Waals surface area contributed by atoms with Crippen molar-refractivity contribution in [3.05, 3.63) is 0 Å². The molecule has 2 rings (SSSR count). The molecule has 2 aliphatic carbocycles. The van der Waals surface area contributed by atoms with E-state index in [1.54, 1.807) is 0 Å². The van der Waals surface area contributed by atoms with E-state index >= 15 is 0 Å². The van der Waals surface area contributed by atoms with Crippen molar-refractivity contribution >= 4 is 16.6 Å². The van der Waals surface area contributed by atoms with Gasteiger partial charge < -0.3 is 4.12 Å². The van der Waals surface area contributed by atoms with Gasteiger partial charge in [-0.3, -0.25) is 0 Å². The summed E-state index contributed by atoms with van der Waals surface area (Å²) in [5.41, 5.74) is 1.96. The zero-order valence-electron chi connectivity index (χ0n) is 19.3. The molecule has 0 heterocycles. The third-order valence-electron chi connectivity index (χ3n) is 7.80. The molecule has 0 amide bonds. The molecule has 0 unspecified atom stereocenters. The van der Waals surface area contributed by atoms with Gasteiger partial charge in [0.05, 0.1) is 0 Å². The highest BCUT2D eigenvalue weighted by molar-refractivity contribution is 6.88. The van der Waals surface area contributed by atoms with Crippen LogP contribution in [0.3, 0.4) is 0 Å². The summed E-state index contributed by atoms with van der Waals surface area (Å²) in [6, 6.07) is 5.83. The number of hydrogen-bond donors (Lipinski definition) is 0. The van der Waals surface area contributed by atoms with Gasteiger partial charge in [-0.05, 0) is 35.3 Å². The van der Waals surface area contributed by atoms with Gasteiger partial charge in [-0.1, -0.05) is 118 Å². The molecule has 0 aliphatic heterocycles. The van der Waals surface area contributed by atoms with Crippen molar-refractivity contribution in [1.29, 1.82) is 0 Å². The largest absolute Gasteiger partial charge is 0.454 e. The lowest BCUT2D eigenvalue weighted by Gasteiger charge is -2.51. The highest BCUT2D eigenvalue weighted by atomic mass is 28.4. The Labute approximate surface area is 173 Å². The first-order valence-electron chi connectivity index (χ1n) is 12.9. The quantitative estimate of drug-likeness (QED) is 0.291. The van der Waals surface area contributed by atoms with E-state index in [1.807, 2.05) is 0 Å². The summed E-state index contributed by atoms with van der Waals surface area (Å²) in [6.07, 6.45) is 20.3. The molecule has 0 radical (unpaired) electrons. The number of rotatable bonds is 12. The van der Waals surface area contributed by atoms with E-state index in [1.165, 1.54) is 114 Å². The molecule has 27 heavy (non-hydrogen) atoms. The van der Waals surface area contributed by atoms with Crippen LogP contribution in [0.25, 0.3) is 0 Å². The molecule has 2 aliphatic rings. The van der Waals surface area contributed by atoms with Gasteiger partial charge >= 0.3 is 0 Å². The standard InChI is InChI=1S/C24H50OSi2/c1-5-19-26(20-6-2,23-15-11-9-12-16-23)25-27(21-7-3,22-8-4)24-17-13-10-14-18-24/h23-24H,5-22H2,1-4H3. The number of hydrogen-bond acceptors (Lipinski definition) is 1. The van der Waals surface area contributed by atoms with Crippen LogP contribution in [0.5, 0.6) is 0 Å². The zero-order chi connectivity index (χ0) is 19.6. The molecule has 0 atom stereocenters. The van der Waals surface area contributed by atoms with Crippen LogP contribution in [-0.2, 0) is 4.12 Å². The van der Waals surface area contributed by atoms with Crippen LogP contribution in [-0.4, -0.2) is 16.6 Å². The van der Waals surface area contributed by atoms with Crippen molar-refractivity contribution < 1.29 is 4.12 Å². The van der Waals surface area contributed by atoms with Gasteiger partial charge in [0, 0.05) is 0 Å². The average molecular weight is 411 g/mol. The molecule has 2 saturated carbocycles. The van der Waals surface area contributed by atoms with Gasteiger partial charge in [-0.25, -0.2) is 0 Å². The molecule has 3 heteroatoms. The van der Waals surface area contributed by atoms with E-state index in [-0.39, 0.29) is 0 Å². The van der Waals surface area contributed by atoms with Gasteiger partial charge in [0.2, 0.25) is 0 Å². The second-order valence-corrected chi connectivity index (χ2v) is 18.6. The van der Waals surface area contributed by atoms with Crippen molar-refractivity contribution in [2.24, 2.45) is 0 Å². The van der Waals surface area contributed by atoms with E-state index < -0.39 is 16.6 Å². The molecule has 0 saturated heterocycles. The summed E-state index contributed by atoms with van der Waals surface area (Å²) in [5, 5.41) is 0. The predicted molar refractivity (Wildman–Crippen MR) is 127 cm³/mol. The van der Waals surface area contributed by atoms with Crippen LogP contribution in [0, 0.1) is 0 Å². The summed E-state index contributed by atoms with van der Waals surface area (Å²) >= 11 is 0. The fourth-order valence-corrected chi connectivity index (χ4v) is 21.4. The molecule has 1 nitrogen and oxygen atoms in total. The third-order valence-corrected chi connectivity index (χ3v) is 20.6. The van der Waals surface area contributed by atoms with Crippen LogP contribution in [0.15, 0.2) is 0 Å². The molecule has 0 aromatic rings. The van der Waals surface area contributed by atoms with E-state index in [0.717, 1.165) is 11.1 Å². The molecule has 0 bridgehead atoms. The summed E-state index contributed by atoms with van der Waals surface area (Å²) in [6.45, 7) is 9.75. The fourth-order valence-electron chi connectivity index (χ4n) is 6.79. The van der Waals surface area contributed by atoms with Crippen molar-refractivity contribution in [3.8, 4) is 0 Å². The first kappa shape index (κ1) is 23.7. The Balaban J connectivity index is 2.36. The minimum absolute atomic E-state index is 0.982. The Kier molecular flexibility index (Phi) is 10.7. The van der Waals surface area contributed by atoms with Gasteiger partial charge in [0.25, 0.3) is 0 Å². The van der Waals surface area contributed by atoms with E-state index in [9.17, 15) is 0 Å². The highest BCUT2D eigenvalue weighted by Crippen LogP contribution is 2.50. The van der Waals surface area contributed by atoms with E-state index in [0.29, 0.717) is 0 Å². The van der Waals surface area contributed by atoms with Crippen LogP contribution < -0.4 is 0 Å². The molecule has 160 valence electrons. The molecule has 0 N–H and O–H groups in total. The summed E-state index contributed by atoms with van der Waals surface area (Å²) in [4.78, 5) is 0. The Bertz CT molecular complexity index is 338. The summed E-state index contributed by atoms with van der Waals surface area (Å²) < 4.78 is 7.94. The summed E-state index contributed by atoms with van der Waals surface area (Å²) in [5.74, 6) is 0. The average Bonchev–Trinajstić information content (AvgIpc) is 2.70. The Morgan fingerprint density at radius 2 is 0.815 bits per heavy atom. The molecule has 2 fully saturated rings. The summed E-state index contributed by atoms with van der Waals surface area (Å²) in [7, 11) is -3.25. The van der Waals surface area contributed by atoms with Crippen molar-refractivity contribution in [2.75, 3.05) is 0 Å². The first-order valence-corrected chi connectivity index (χ1v) is 17.7. The lowest BCUT2D eigenvalue weighted by molar-refractivity contribution is 0.383. The van der Waals surface area contributed by atoms with Crippen LogP contribution >= 0.6 is 0 Å². The van der Waals surface area contributed by atoms with Gasteiger partial charge in [-0.15, -0.1) is 0 Å². The van der Waals surface area contributed by atoms with Crippen LogP contribution in [0.4, 0.5) is 0 Å². The zero-order valence-corrected chi connectivity index (χ0v) is 21.3. The lowest BCUT2D eigenvalue weighted by Crippen LogP contribution is -2.56. The molecule has 0 aromatic carbocycles. The van der Waals surface area contributed by atoms with Gasteiger partial charge in [0.1, 0.15) is 0 Å². The Morgan fingerprint density at radius 3 is 1.07 bits per heavy atom. The second kappa shape index (κ2) is 12.2. The Morgan fingerprint density at radius 1 is 0.519 bits per heavy atom. The molecular formula is C24H50OSi2. The van der Waals surface area contributed by atoms with Crippen molar-refractivity contribution in [1.82, 2.24) is 0 Å². The SMILES string of the molecule is CCC[Si](CCC)(O[Si](CCC)(CCC)C1CCCCC1)C1CCCCC1. The maximum absolute atomic E-state index is 7.94. The fraction of sp³-hybridized carbons (Fsp3) is 1.00. The highest BCUT2D eigenvalue weighted by Gasteiger charge is 2.51. The maximum atomic E-state index is 7.94. The second-order valence-electron chi connectivity index (χ2n) is 9.90. The minimum Gasteiger partial charge on any atom is -0.454 e. The normalized spacial score (nSPS) is 20.9. The van der Waals surface area contributed by atoms with Crippen LogP contribution in [0.1, 0.15) is 118 Å². The van der Waals surface area contributed by atoms with E-state index in [2.05, 4.69) is 27.7 Å². The lowest BCUT2D eigenvalue weighted by atomic mass is 10.0. The van der Waals surface area contributed by atoms with Gasteiger partial charge in [-0.2, -0.15) is 0 Å². The predicted octanol–water partition coefficient (Wildman–Crippen LogP) is 9.20. The minimum atomic E-state index is -1.63.